The van der Waals surface area contributed by atoms with Crippen molar-refractivity contribution in [2.45, 2.75) is 31.3 Å². The van der Waals surface area contributed by atoms with E-state index in [-0.39, 0.29) is 11.8 Å². The van der Waals surface area contributed by atoms with Gasteiger partial charge in [0.2, 0.25) is 0 Å². The third-order valence-corrected chi connectivity index (χ3v) is 3.65. The predicted octanol–water partition coefficient (Wildman–Crippen LogP) is 2.44. The van der Waals surface area contributed by atoms with E-state index in [0.29, 0.717) is 26.1 Å². The van der Waals surface area contributed by atoms with Gasteiger partial charge in [0.1, 0.15) is 5.82 Å². The van der Waals surface area contributed by atoms with Crippen LogP contribution in [0.25, 0.3) is 0 Å². The summed E-state index contributed by atoms with van der Waals surface area (Å²) in [7, 11) is 0. The summed E-state index contributed by atoms with van der Waals surface area (Å²) in [6, 6.07) is 5.96. The summed E-state index contributed by atoms with van der Waals surface area (Å²) in [6.07, 6.45) is 5.69. The zero-order valence-electron chi connectivity index (χ0n) is 11.4. The average Bonchev–Trinajstić information content (AvgIpc) is 2.48. The lowest BCUT2D eigenvalue weighted by Crippen LogP contribution is -2.43. The monoisotopic (exact) mass is 276 g/mol. The second kappa shape index (κ2) is 6.06. The van der Waals surface area contributed by atoms with Crippen molar-refractivity contribution in [1.82, 2.24) is 0 Å². The number of hydrogen-bond donors (Lipinski definition) is 0. The van der Waals surface area contributed by atoms with Crippen molar-refractivity contribution in [2.24, 2.45) is 0 Å². The lowest BCUT2D eigenvalue weighted by atomic mass is 9.74. The molecule has 2 rings (SSSR count). The first-order valence-corrected chi connectivity index (χ1v) is 6.59. The first-order chi connectivity index (χ1) is 9.58. The van der Waals surface area contributed by atoms with E-state index in [0.717, 1.165) is 5.56 Å². The van der Waals surface area contributed by atoms with E-state index in [2.05, 4.69) is 5.92 Å². The van der Waals surface area contributed by atoms with E-state index in [9.17, 15) is 9.18 Å². The van der Waals surface area contributed by atoms with Crippen molar-refractivity contribution < 1.29 is 18.7 Å². The van der Waals surface area contributed by atoms with E-state index in [1.807, 2.05) is 0 Å². The molecule has 3 nitrogen and oxygen atoms in total. The van der Waals surface area contributed by atoms with Gasteiger partial charge in [0, 0.05) is 13.2 Å². The van der Waals surface area contributed by atoms with Crippen LogP contribution in [0, 0.1) is 18.2 Å². The first kappa shape index (κ1) is 14.5. The highest BCUT2D eigenvalue weighted by molar-refractivity contribution is 5.83. The standard InChI is InChI=1S/C16H17FO3/c1-3-12(2)20-15(18)16(8-10-19-11-9-16)13-4-6-14(17)7-5-13/h1,4-7,12H,8-11H2,2H3/t12-/m0/s1. The Morgan fingerprint density at radius 1 is 1.40 bits per heavy atom. The molecule has 0 N–H and O–H groups in total. The summed E-state index contributed by atoms with van der Waals surface area (Å²) in [5.74, 6) is 1.68. The molecule has 0 amide bonds. The number of esters is 1. The molecule has 0 aromatic heterocycles. The van der Waals surface area contributed by atoms with Crippen LogP contribution >= 0.6 is 0 Å². The van der Waals surface area contributed by atoms with Crippen molar-refractivity contribution in [2.75, 3.05) is 13.2 Å². The molecule has 1 saturated heterocycles. The summed E-state index contributed by atoms with van der Waals surface area (Å²) in [5, 5.41) is 0. The molecular weight excluding hydrogens is 259 g/mol. The van der Waals surface area contributed by atoms with Gasteiger partial charge in [-0.2, -0.15) is 0 Å². The molecule has 20 heavy (non-hydrogen) atoms. The Morgan fingerprint density at radius 3 is 2.55 bits per heavy atom. The van der Waals surface area contributed by atoms with Crippen molar-refractivity contribution in [3.05, 3.63) is 35.6 Å². The summed E-state index contributed by atoms with van der Waals surface area (Å²) in [4.78, 5) is 12.5. The minimum atomic E-state index is -0.795. The van der Waals surface area contributed by atoms with Crippen LogP contribution in [0.3, 0.4) is 0 Å². The highest BCUT2D eigenvalue weighted by Crippen LogP contribution is 2.36. The molecule has 0 radical (unpaired) electrons. The maximum Gasteiger partial charge on any atom is 0.317 e. The SMILES string of the molecule is C#C[C@H](C)OC(=O)C1(c2ccc(F)cc2)CCOCC1. The molecule has 1 heterocycles. The van der Waals surface area contributed by atoms with Gasteiger partial charge in [-0.05, 0) is 37.5 Å². The fraction of sp³-hybridized carbons (Fsp3) is 0.438. The number of hydrogen-bond acceptors (Lipinski definition) is 3. The fourth-order valence-electron chi connectivity index (χ4n) is 2.41. The maximum absolute atomic E-state index is 13.1. The number of benzene rings is 1. The number of carbonyl (C=O) groups is 1. The molecule has 1 aromatic rings. The molecule has 4 heteroatoms. The molecule has 0 aliphatic carbocycles. The van der Waals surface area contributed by atoms with E-state index < -0.39 is 11.5 Å². The molecule has 0 saturated carbocycles. The van der Waals surface area contributed by atoms with Crippen LogP contribution in [-0.4, -0.2) is 25.3 Å². The second-order valence-corrected chi connectivity index (χ2v) is 4.92. The summed E-state index contributed by atoms with van der Waals surface area (Å²) in [6.45, 7) is 2.59. The highest BCUT2D eigenvalue weighted by Gasteiger charge is 2.43. The van der Waals surface area contributed by atoms with E-state index in [1.54, 1.807) is 19.1 Å². The molecule has 0 spiro atoms. The third kappa shape index (κ3) is 2.83. The van der Waals surface area contributed by atoms with Gasteiger partial charge in [0.15, 0.2) is 6.10 Å². The Labute approximate surface area is 118 Å². The minimum Gasteiger partial charge on any atom is -0.449 e. The Kier molecular flexibility index (Phi) is 4.41. The maximum atomic E-state index is 13.1. The highest BCUT2D eigenvalue weighted by atomic mass is 19.1. The van der Waals surface area contributed by atoms with E-state index in [1.165, 1.54) is 12.1 Å². The van der Waals surface area contributed by atoms with Gasteiger partial charge in [-0.15, -0.1) is 6.42 Å². The Balaban J connectivity index is 2.32. The summed E-state index contributed by atoms with van der Waals surface area (Å²) >= 11 is 0. The van der Waals surface area contributed by atoms with Crippen LogP contribution in [-0.2, 0) is 19.7 Å². The van der Waals surface area contributed by atoms with Gasteiger partial charge in [-0.1, -0.05) is 18.1 Å². The van der Waals surface area contributed by atoms with Crippen molar-refractivity contribution >= 4 is 5.97 Å². The van der Waals surface area contributed by atoms with Crippen LogP contribution in [0.1, 0.15) is 25.3 Å². The molecule has 1 aliphatic heterocycles. The number of rotatable bonds is 3. The van der Waals surface area contributed by atoms with Gasteiger partial charge in [0.25, 0.3) is 0 Å². The molecular formula is C16H17FO3. The zero-order valence-corrected chi connectivity index (χ0v) is 11.4. The lowest BCUT2D eigenvalue weighted by Gasteiger charge is -2.35. The Morgan fingerprint density at radius 2 is 2.00 bits per heavy atom. The van der Waals surface area contributed by atoms with Crippen LogP contribution in [0.5, 0.6) is 0 Å². The quantitative estimate of drug-likeness (QED) is 0.628. The number of ether oxygens (including phenoxy) is 2. The van der Waals surface area contributed by atoms with Gasteiger partial charge in [-0.25, -0.2) is 4.39 Å². The van der Waals surface area contributed by atoms with Crippen LogP contribution in [0.15, 0.2) is 24.3 Å². The van der Waals surface area contributed by atoms with Crippen LogP contribution in [0.2, 0.25) is 0 Å². The molecule has 0 unspecified atom stereocenters. The first-order valence-electron chi connectivity index (χ1n) is 6.59. The Hall–Kier alpha value is -1.86. The van der Waals surface area contributed by atoms with Crippen LogP contribution in [0.4, 0.5) is 4.39 Å². The molecule has 106 valence electrons. The van der Waals surface area contributed by atoms with Gasteiger partial charge in [-0.3, -0.25) is 4.79 Å². The minimum absolute atomic E-state index is 0.332. The molecule has 0 bridgehead atoms. The number of halogens is 1. The Bertz CT molecular complexity index is 510. The summed E-state index contributed by atoms with van der Waals surface area (Å²) in [5.41, 5.74) is -0.0479. The number of terminal acetylenes is 1. The molecule has 1 aliphatic rings. The second-order valence-electron chi connectivity index (χ2n) is 4.92. The molecule has 1 aromatic carbocycles. The smallest absolute Gasteiger partial charge is 0.317 e. The summed E-state index contributed by atoms with van der Waals surface area (Å²) < 4.78 is 23.7. The lowest BCUT2D eigenvalue weighted by molar-refractivity contribution is -0.157. The third-order valence-electron chi connectivity index (χ3n) is 3.65. The molecule has 1 fully saturated rings. The predicted molar refractivity (Wildman–Crippen MR) is 72.5 cm³/mol. The van der Waals surface area contributed by atoms with Crippen LogP contribution < -0.4 is 0 Å². The van der Waals surface area contributed by atoms with E-state index in [4.69, 9.17) is 15.9 Å². The van der Waals surface area contributed by atoms with Gasteiger partial charge < -0.3 is 9.47 Å². The largest absolute Gasteiger partial charge is 0.449 e. The molecule has 1 atom stereocenters. The zero-order chi connectivity index (χ0) is 14.6. The van der Waals surface area contributed by atoms with Crippen molar-refractivity contribution in [1.29, 1.82) is 0 Å². The van der Waals surface area contributed by atoms with Crippen molar-refractivity contribution in [3.8, 4) is 12.3 Å². The van der Waals surface area contributed by atoms with Gasteiger partial charge in [0.05, 0.1) is 5.41 Å². The normalized spacial score (nSPS) is 18.9. The van der Waals surface area contributed by atoms with Crippen molar-refractivity contribution in [3.63, 3.8) is 0 Å². The number of carbonyl (C=O) groups excluding carboxylic acids is 1. The van der Waals surface area contributed by atoms with E-state index >= 15 is 0 Å². The average molecular weight is 276 g/mol. The topological polar surface area (TPSA) is 35.5 Å². The fourth-order valence-corrected chi connectivity index (χ4v) is 2.41. The van der Waals surface area contributed by atoms with Gasteiger partial charge >= 0.3 is 5.97 Å².